The molecule has 16 heteroatoms. The van der Waals surface area contributed by atoms with Gasteiger partial charge in [-0.25, -0.2) is 26.9 Å². The van der Waals surface area contributed by atoms with Gasteiger partial charge in [0.05, 0.1) is 36.8 Å². The van der Waals surface area contributed by atoms with Gasteiger partial charge < -0.3 is 9.47 Å². The Bertz CT molecular complexity index is 2150. The van der Waals surface area contributed by atoms with Crippen molar-refractivity contribution in [3.05, 3.63) is 167 Å². The third-order valence-electron chi connectivity index (χ3n) is 8.60. The first-order valence-electron chi connectivity index (χ1n) is 18.2. The highest BCUT2D eigenvalue weighted by Gasteiger charge is 2.28. The maximum atomic E-state index is 13.7. The number of aromatic nitrogens is 4. The van der Waals surface area contributed by atoms with Gasteiger partial charge in [0.1, 0.15) is 23.0 Å². The molecule has 0 bridgehead atoms. The zero-order chi connectivity index (χ0) is 42.2. The van der Waals surface area contributed by atoms with Crippen molar-refractivity contribution >= 4 is 17.7 Å². The lowest BCUT2D eigenvalue weighted by atomic mass is 10.1. The van der Waals surface area contributed by atoms with E-state index in [1.165, 1.54) is 61.1 Å². The maximum absolute atomic E-state index is 13.7. The number of hydrogen-bond donors (Lipinski definition) is 0. The summed E-state index contributed by atoms with van der Waals surface area (Å²) < 4.78 is 103. The van der Waals surface area contributed by atoms with Crippen LogP contribution in [-0.4, -0.2) is 43.2 Å². The minimum atomic E-state index is -4.93. The average molecular weight is 848 g/mol. The van der Waals surface area contributed by atoms with Crippen molar-refractivity contribution in [2.75, 3.05) is 13.1 Å². The van der Waals surface area contributed by atoms with Gasteiger partial charge in [0.25, 0.3) is 17.8 Å². The predicted octanol–water partition coefficient (Wildman–Crippen LogP) is 12.7. The molecule has 0 aliphatic rings. The zero-order valence-corrected chi connectivity index (χ0v) is 33.0. The third-order valence-corrected chi connectivity index (χ3v) is 9.70. The Morgan fingerprint density at radius 1 is 0.678 bits per heavy atom. The third kappa shape index (κ3) is 14.5. The van der Waals surface area contributed by atoms with E-state index < -0.39 is 29.7 Å². The first kappa shape index (κ1) is 48.1. The molecule has 59 heavy (non-hydrogen) atoms. The van der Waals surface area contributed by atoms with Crippen molar-refractivity contribution < 1.29 is 43.5 Å². The second-order valence-corrected chi connectivity index (χ2v) is 13.8. The Morgan fingerprint density at radius 3 is 1.47 bits per heavy atom. The van der Waals surface area contributed by atoms with Crippen molar-refractivity contribution in [2.24, 2.45) is 0 Å². The molecule has 0 saturated heterocycles. The summed E-state index contributed by atoms with van der Waals surface area (Å²) in [4.78, 5) is 10.8. The Balaban J connectivity index is 0.000000259. The summed E-state index contributed by atoms with van der Waals surface area (Å²) in [6.45, 7) is 7.58. The highest BCUT2D eigenvalue weighted by molar-refractivity contribution is 8.18. The molecule has 0 amide bonds. The number of carbonyl (C=O) groups excluding carboxylic acids is 1. The van der Waals surface area contributed by atoms with Crippen LogP contribution in [0.25, 0.3) is 11.4 Å². The molecule has 0 N–H and O–H groups in total. The van der Waals surface area contributed by atoms with E-state index >= 15 is 0 Å². The second kappa shape index (κ2) is 23.3. The SMILES string of the molecule is C.CCN(CC)S(F)(F)F.C[C@@H](OCc1ccccc1)c1cc(F)ccc1-n1ccc(C(F)F)n1.C[C@@H](OCc1ccccc1)c1cc(F)ccc1-n1ccc(C=O)n1. The van der Waals surface area contributed by atoms with Gasteiger partial charge in [0.2, 0.25) is 0 Å². The lowest BCUT2D eigenvalue weighted by Gasteiger charge is -2.23. The Labute approximate surface area is 342 Å². The molecule has 0 fully saturated rings. The highest BCUT2D eigenvalue weighted by Crippen LogP contribution is 2.56. The number of aldehydes is 1. The van der Waals surface area contributed by atoms with E-state index in [-0.39, 0.29) is 38.1 Å². The maximum Gasteiger partial charge on any atom is 0.282 e. The van der Waals surface area contributed by atoms with E-state index in [9.17, 15) is 34.0 Å². The molecular weight excluding hydrogens is 800 g/mol. The van der Waals surface area contributed by atoms with Crippen LogP contribution >= 0.6 is 11.4 Å². The van der Waals surface area contributed by atoms with Crippen LogP contribution in [0.5, 0.6) is 0 Å². The summed E-state index contributed by atoms with van der Waals surface area (Å²) in [5.41, 5.74) is 4.44. The second-order valence-electron chi connectivity index (χ2n) is 12.6. The van der Waals surface area contributed by atoms with Crippen LogP contribution in [0.4, 0.5) is 29.2 Å². The van der Waals surface area contributed by atoms with E-state index in [1.54, 1.807) is 29.9 Å². The van der Waals surface area contributed by atoms with Gasteiger partial charge in [-0.3, -0.25) is 4.79 Å². The molecule has 4 aromatic carbocycles. The monoisotopic (exact) mass is 847 g/mol. The summed E-state index contributed by atoms with van der Waals surface area (Å²) in [6, 6.07) is 30.8. The molecule has 0 aliphatic carbocycles. The van der Waals surface area contributed by atoms with Crippen molar-refractivity contribution in [1.29, 1.82) is 0 Å². The topological polar surface area (TPSA) is 74.4 Å². The van der Waals surface area contributed by atoms with Crippen molar-refractivity contribution in [3.63, 3.8) is 0 Å². The minimum Gasteiger partial charge on any atom is -0.369 e. The lowest BCUT2D eigenvalue weighted by molar-refractivity contribution is 0.0522. The van der Waals surface area contributed by atoms with E-state index in [0.29, 0.717) is 52.0 Å². The highest BCUT2D eigenvalue weighted by atomic mass is 32.3. The average Bonchev–Trinajstić information content (AvgIpc) is 3.91. The molecule has 8 nitrogen and oxygen atoms in total. The molecule has 0 spiro atoms. The van der Waals surface area contributed by atoms with Crippen molar-refractivity contribution in [1.82, 2.24) is 23.9 Å². The number of carbonyl (C=O) groups is 1. The van der Waals surface area contributed by atoms with Gasteiger partial charge in [0, 0.05) is 36.6 Å². The molecule has 0 radical (unpaired) electrons. The molecule has 2 aromatic heterocycles. The number of benzene rings is 4. The first-order valence-corrected chi connectivity index (χ1v) is 19.5. The number of hydrogen-bond acceptors (Lipinski definition) is 6. The summed E-state index contributed by atoms with van der Waals surface area (Å²) in [6.07, 6.45) is 0.350. The number of ether oxygens (including phenoxy) is 2. The largest absolute Gasteiger partial charge is 0.369 e. The van der Waals surface area contributed by atoms with Crippen molar-refractivity contribution in [3.8, 4) is 11.4 Å². The van der Waals surface area contributed by atoms with E-state index in [1.807, 2.05) is 67.6 Å². The minimum absolute atomic E-state index is 0. The Kier molecular flexibility index (Phi) is 19.0. The summed E-state index contributed by atoms with van der Waals surface area (Å²) in [7, 11) is 0. The van der Waals surface area contributed by atoms with Gasteiger partial charge in [-0.15, -0.1) is 11.7 Å². The van der Waals surface area contributed by atoms with Crippen LogP contribution in [0.3, 0.4) is 0 Å². The van der Waals surface area contributed by atoms with Gasteiger partial charge >= 0.3 is 0 Å². The Hall–Kier alpha value is -5.29. The van der Waals surface area contributed by atoms with Crippen LogP contribution in [0.2, 0.25) is 0 Å². The number of halogens is 7. The molecule has 2 heterocycles. The smallest absolute Gasteiger partial charge is 0.282 e. The molecule has 0 aliphatic heterocycles. The molecule has 2 atom stereocenters. The molecular formula is C43H48F7N5O3S. The zero-order valence-electron chi connectivity index (χ0n) is 32.2. The number of nitrogens with zero attached hydrogens (tertiary/aromatic N) is 5. The first-order chi connectivity index (χ1) is 27.7. The van der Waals surface area contributed by atoms with Crippen LogP contribution in [0, 0.1) is 11.6 Å². The van der Waals surface area contributed by atoms with Crippen LogP contribution < -0.4 is 0 Å². The fraction of sp³-hybridized carbons (Fsp3) is 0.279. The van der Waals surface area contributed by atoms with E-state index in [0.717, 1.165) is 11.1 Å². The Morgan fingerprint density at radius 2 is 1.12 bits per heavy atom. The summed E-state index contributed by atoms with van der Waals surface area (Å²) >= 11 is -4.93. The molecule has 0 unspecified atom stereocenters. The van der Waals surface area contributed by atoms with Gasteiger partial charge in [-0.2, -0.15) is 14.5 Å². The fourth-order valence-electron chi connectivity index (χ4n) is 5.53. The van der Waals surface area contributed by atoms with Gasteiger partial charge in [0.15, 0.2) is 6.29 Å². The van der Waals surface area contributed by atoms with E-state index in [2.05, 4.69) is 10.2 Å². The van der Waals surface area contributed by atoms with Crippen LogP contribution in [0.15, 0.2) is 122 Å². The normalized spacial score (nSPS) is 12.4. The van der Waals surface area contributed by atoms with Gasteiger partial charge in [-0.05, 0) is 73.5 Å². The molecule has 6 rings (SSSR count). The summed E-state index contributed by atoms with van der Waals surface area (Å²) in [5.74, 6) is -0.762. The standard InChI is InChI=1S/C19H17F3N2O.C19H17FN2O2.C4H10F3NS.CH4/c1-13(25-12-14-5-3-2-4-6-14)16-11-15(20)7-8-18(16)24-10-9-17(23-24)19(21)22;1-14(24-13-15-5-3-2-4-6-15)18-11-16(20)7-8-19(18)22-10-9-17(12-23)21-22;1-3-8(4-2)9(5,6)7;/h2-11,13,19H,12H2,1H3;2-12,14H,13H2,1H3;3-4H2,1-2H3;1H4/t13-;14-;;/m11../s1. The van der Waals surface area contributed by atoms with Crippen LogP contribution in [0.1, 0.15) is 92.2 Å². The number of alkyl halides is 2. The molecule has 6 aromatic rings. The van der Waals surface area contributed by atoms with Crippen molar-refractivity contribution in [2.45, 2.75) is 67.0 Å². The quantitative estimate of drug-likeness (QED) is 0.0757. The molecule has 0 saturated carbocycles. The van der Waals surface area contributed by atoms with Gasteiger partial charge in [-0.1, -0.05) is 81.9 Å². The van der Waals surface area contributed by atoms with Crippen LogP contribution in [-0.2, 0) is 22.7 Å². The van der Waals surface area contributed by atoms with E-state index in [4.69, 9.17) is 9.47 Å². The lowest BCUT2D eigenvalue weighted by Crippen LogP contribution is -2.19. The summed E-state index contributed by atoms with van der Waals surface area (Å²) in [5, 5.41) is 8.02. The predicted molar refractivity (Wildman–Crippen MR) is 217 cm³/mol. The molecule has 318 valence electrons. The number of rotatable bonds is 15. The fourth-order valence-corrected chi connectivity index (χ4v) is 6.12.